The van der Waals surface area contributed by atoms with Crippen LogP contribution in [0, 0.1) is 0 Å². The van der Waals surface area contributed by atoms with E-state index in [9.17, 15) is 9.59 Å². The maximum absolute atomic E-state index is 12.0. The first-order valence-corrected chi connectivity index (χ1v) is 8.55. The minimum atomic E-state index is -0.973. The number of nitrogens with zero attached hydrogens (tertiary/aromatic N) is 1. The summed E-state index contributed by atoms with van der Waals surface area (Å²) in [4.78, 5) is 28.1. The van der Waals surface area contributed by atoms with Gasteiger partial charge in [-0.05, 0) is 11.5 Å². The van der Waals surface area contributed by atoms with Crippen molar-refractivity contribution in [3.8, 4) is 0 Å². The van der Waals surface area contributed by atoms with Crippen LogP contribution in [0.4, 0.5) is 5.13 Å². The zero-order valence-corrected chi connectivity index (χ0v) is 14.5. The Morgan fingerprint density at radius 2 is 2.00 bits per heavy atom. The van der Waals surface area contributed by atoms with E-state index in [-0.39, 0.29) is 18.9 Å². The van der Waals surface area contributed by atoms with E-state index in [0.29, 0.717) is 5.13 Å². The molecule has 0 spiro atoms. The van der Waals surface area contributed by atoms with E-state index in [4.69, 9.17) is 10.5 Å². The number of esters is 1. The minimum Gasteiger partial charge on any atom is -0.461 e. The molecule has 1 heterocycles. The van der Waals surface area contributed by atoms with Crippen LogP contribution in [0.2, 0.25) is 0 Å². The molecule has 24 heavy (non-hydrogen) atoms. The molecule has 1 amide bonds. The average molecular weight is 347 g/mol. The summed E-state index contributed by atoms with van der Waals surface area (Å²) in [5.41, 5.74) is 7.56. The zero-order valence-electron chi connectivity index (χ0n) is 13.7. The molecule has 0 aliphatic carbocycles. The molecule has 0 aliphatic heterocycles. The van der Waals surface area contributed by atoms with E-state index in [1.165, 1.54) is 11.3 Å². The Kier molecular flexibility index (Phi) is 6.45. The number of aromatic nitrogens is 1. The second kappa shape index (κ2) is 8.56. The summed E-state index contributed by atoms with van der Waals surface area (Å²) in [6.07, 6.45) is -0.179. The predicted octanol–water partition coefficient (Wildman–Crippen LogP) is 2.67. The molecule has 0 bridgehead atoms. The molecule has 0 saturated heterocycles. The van der Waals surface area contributed by atoms with Crippen LogP contribution in [0.25, 0.3) is 0 Å². The SMILES string of the molecule is CC(C)c1csc(NC(=O)[C@@H](N)CC(=O)OCc2ccccc2)n1. The van der Waals surface area contributed by atoms with E-state index < -0.39 is 17.9 Å². The Balaban J connectivity index is 1.78. The second-order valence-electron chi connectivity index (χ2n) is 5.68. The topological polar surface area (TPSA) is 94.3 Å². The van der Waals surface area contributed by atoms with E-state index in [0.717, 1.165) is 11.3 Å². The predicted molar refractivity (Wildman–Crippen MR) is 93.7 cm³/mol. The molecular weight excluding hydrogens is 326 g/mol. The van der Waals surface area contributed by atoms with Crippen molar-refractivity contribution in [2.24, 2.45) is 5.73 Å². The lowest BCUT2D eigenvalue weighted by Gasteiger charge is -2.10. The molecule has 1 atom stereocenters. The van der Waals surface area contributed by atoms with Gasteiger partial charge in [0.15, 0.2) is 5.13 Å². The number of hydrogen-bond donors (Lipinski definition) is 2. The van der Waals surface area contributed by atoms with Gasteiger partial charge in [-0.25, -0.2) is 4.98 Å². The van der Waals surface area contributed by atoms with Gasteiger partial charge in [-0.15, -0.1) is 11.3 Å². The molecule has 0 saturated carbocycles. The number of hydrogen-bond acceptors (Lipinski definition) is 6. The Hall–Kier alpha value is -2.25. The number of amides is 1. The van der Waals surface area contributed by atoms with Gasteiger partial charge in [0.05, 0.1) is 18.2 Å². The van der Waals surface area contributed by atoms with E-state index in [2.05, 4.69) is 10.3 Å². The van der Waals surface area contributed by atoms with Gasteiger partial charge in [-0.1, -0.05) is 44.2 Å². The fourth-order valence-electron chi connectivity index (χ4n) is 1.88. The number of thiazole rings is 1. The Labute approximate surface area is 145 Å². The number of nitrogens with two attached hydrogens (primary N) is 1. The van der Waals surface area contributed by atoms with Gasteiger partial charge in [0.2, 0.25) is 5.91 Å². The van der Waals surface area contributed by atoms with Gasteiger partial charge < -0.3 is 15.8 Å². The molecule has 0 unspecified atom stereocenters. The second-order valence-corrected chi connectivity index (χ2v) is 6.54. The average Bonchev–Trinajstić information content (AvgIpc) is 3.02. The maximum atomic E-state index is 12.0. The van der Waals surface area contributed by atoms with Gasteiger partial charge in [0.1, 0.15) is 6.61 Å². The zero-order chi connectivity index (χ0) is 17.5. The highest BCUT2D eigenvalue weighted by Crippen LogP contribution is 2.21. The van der Waals surface area contributed by atoms with Gasteiger partial charge in [0, 0.05) is 5.38 Å². The summed E-state index contributed by atoms with van der Waals surface area (Å²) in [6.45, 7) is 4.21. The Morgan fingerprint density at radius 1 is 1.29 bits per heavy atom. The Bertz CT molecular complexity index is 685. The van der Waals surface area contributed by atoms with Crippen LogP contribution < -0.4 is 11.1 Å². The number of ether oxygens (including phenoxy) is 1. The van der Waals surface area contributed by atoms with Crippen LogP contribution in [0.1, 0.15) is 37.4 Å². The number of benzene rings is 1. The number of anilines is 1. The summed E-state index contributed by atoms with van der Waals surface area (Å²) < 4.78 is 5.12. The summed E-state index contributed by atoms with van der Waals surface area (Å²) >= 11 is 1.34. The first-order chi connectivity index (χ1) is 11.5. The normalized spacial score (nSPS) is 12.0. The van der Waals surface area contributed by atoms with Gasteiger partial charge in [-0.2, -0.15) is 0 Å². The lowest BCUT2D eigenvalue weighted by Crippen LogP contribution is -2.37. The first-order valence-electron chi connectivity index (χ1n) is 7.67. The van der Waals surface area contributed by atoms with Crippen molar-refractivity contribution in [2.45, 2.75) is 38.8 Å². The quantitative estimate of drug-likeness (QED) is 0.751. The molecule has 7 heteroatoms. The van der Waals surface area contributed by atoms with Crippen LogP contribution >= 0.6 is 11.3 Å². The monoisotopic (exact) mass is 347 g/mol. The fraction of sp³-hybridized carbons (Fsp3) is 0.353. The summed E-state index contributed by atoms with van der Waals surface area (Å²) in [5, 5.41) is 5.00. The van der Waals surface area contributed by atoms with Crippen molar-refractivity contribution >= 4 is 28.3 Å². The van der Waals surface area contributed by atoms with Crippen LogP contribution in [-0.4, -0.2) is 22.9 Å². The highest BCUT2D eigenvalue weighted by Gasteiger charge is 2.20. The smallest absolute Gasteiger partial charge is 0.308 e. The summed E-state index contributed by atoms with van der Waals surface area (Å²) in [7, 11) is 0. The third-order valence-electron chi connectivity index (χ3n) is 3.31. The van der Waals surface area contributed by atoms with Crippen LogP contribution in [-0.2, 0) is 20.9 Å². The summed E-state index contributed by atoms with van der Waals surface area (Å²) in [5.74, 6) is -0.673. The van der Waals surface area contributed by atoms with Crippen molar-refractivity contribution in [1.82, 2.24) is 4.98 Å². The minimum absolute atomic E-state index is 0.165. The van der Waals surface area contributed by atoms with Crippen LogP contribution in [0.5, 0.6) is 0 Å². The molecule has 1 aromatic heterocycles. The molecule has 2 rings (SSSR count). The van der Waals surface area contributed by atoms with Crippen molar-refractivity contribution in [3.05, 3.63) is 47.0 Å². The maximum Gasteiger partial charge on any atom is 0.308 e. The number of carbonyl (C=O) groups excluding carboxylic acids is 2. The molecule has 2 aromatic rings. The van der Waals surface area contributed by atoms with Gasteiger partial charge >= 0.3 is 5.97 Å². The highest BCUT2D eigenvalue weighted by molar-refractivity contribution is 7.13. The largest absolute Gasteiger partial charge is 0.461 e. The third-order valence-corrected chi connectivity index (χ3v) is 4.09. The van der Waals surface area contributed by atoms with Crippen molar-refractivity contribution in [1.29, 1.82) is 0 Å². The van der Waals surface area contributed by atoms with Crippen LogP contribution in [0.15, 0.2) is 35.7 Å². The molecular formula is C17H21N3O3S. The number of rotatable bonds is 7. The molecule has 6 nitrogen and oxygen atoms in total. The van der Waals surface area contributed by atoms with E-state index >= 15 is 0 Å². The number of carbonyl (C=O) groups is 2. The Morgan fingerprint density at radius 3 is 2.62 bits per heavy atom. The highest BCUT2D eigenvalue weighted by atomic mass is 32.1. The third kappa shape index (κ3) is 5.43. The molecule has 0 aliphatic rings. The molecule has 128 valence electrons. The van der Waals surface area contributed by atoms with Crippen molar-refractivity contribution in [2.75, 3.05) is 5.32 Å². The van der Waals surface area contributed by atoms with Gasteiger partial charge in [-0.3, -0.25) is 9.59 Å². The molecule has 0 radical (unpaired) electrons. The summed E-state index contributed by atoms with van der Waals surface area (Å²) in [6, 6.07) is 8.35. The molecule has 3 N–H and O–H groups in total. The van der Waals surface area contributed by atoms with Gasteiger partial charge in [0.25, 0.3) is 0 Å². The number of nitrogens with one attached hydrogen (secondary N) is 1. The van der Waals surface area contributed by atoms with E-state index in [1.54, 1.807) is 0 Å². The lowest BCUT2D eigenvalue weighted by molar-refractivity contribution is -0.146. The van der Waals surface area contributed by atoms with Crippen LogP contribution in [0.3, 0.4) is 0 Å². The van der Waals surface area contributed by atoms with Crippen molar-refractivity contribution < 1.29 is 14.3 Å². The lowest BCUT2D eigenvalue weighted by atomic mass is 10.2. The standard InChI is InChI=1S/C17H21N3O3S/c1-11(2)14-10-24-17(19-14)20-16(22)13(18)8-15(21)23-9-12-6-4-3-5-7-12/h3-7,10-11,13H,8-9,18H2,1-2H3,(H,19,20,22)/t13-/m0/s1. The first kappa shape index (κ1) is 18.1. The molecule has 1 aromatic carbocycles. The molecule has 0 fully saturated rings. The van der Waals surface area contributed by atoms with Crippen molar-refractivity contribution in [3.63, 3.8) is 0 Å². The fourth-order valence-corrected chi connectivity index (χ4v) is 2.75. The van der Waals surface area contributed by atoms with E-state index in [1.807, 2.05) is 49.6 Å².